The van der Waals surface area contributed by atoms with Crippen LogP contribution in [0, 0.1) is 0 Å². The summed E-state index contributed by atoms with van der Waals surface area (Å²) < 4.78 is 26.4. The minimum Gasteiger partial charge on any atom is -0.481 e. The van der Waals surface area contributed by atoms with E-state index in [4.69, 9.17) is 5.11 Å². The highest BCUT2D eigenvalue weighted by Gasteiger charge is 2.17. The summed E-state index contributed by atoms with van der Waals surface area (Å²) in [6, 6.07) is 5.30. The summed E-state index contributed by atoms with van der Waals surface area (Å²) in [7, 11) is -3.67. The van der Waals surface area contributed by atoms with E-state index in [9.17, 15) is 18.0 Å². The van der Waals surface area contributed by atoms with E-state index in [1.54, 1.807) is 13.8 Å². The van der Waals surface area contributed by atoms with Crippen molar-refractivity contribution in [3.8, 4) is 0 Å². The number of carbonyl (C=O) groups is 2. The van der Waals surface area contributed by atoms with Crippen LogP contribution in [0.5, 0.6) is 0 Å². The SMILES string of the molecule is CC(C)NS(=O)(=O)c1cccc(C(=O)NCCC(=O)O)c1. The second kappa shape index (κ2) is 7.19. The predicted octanol–water partition coefficient (Wildman–Crippen LogP) is 0.578. The molecule has 0 aromatic heterocycles. The van der Waals surface area contributed by atoms with Gasteiger partial charge in [0.25, 0.3) is 5.91 Å². The Morgan fingerprint density at radius 3 is 2.52 bits per heavy atom. The lowest BCUT2D eigenvalue weighted by atomic mass is 10.2. The number of hydrogen-bond donors (Lipinski definition) is 3. The van der Waals surface area contributed by atoms with Crippen LogP contribution in [0.1, 0.15) is 30.6 Å². The Morgan fingerprint density at radius 1 is 1.29 bits per heavy atom. The first-order chi connectivity index (χ1) is 9.72. The number of aliphatic carboxylic acids is 1. The van der Waals surface area contributed by atoms with Crippen LogP contribution < -0.4 is 10.0 Å². The van der Waals surface area contributed by atoms with Gasteiger partial charge < -0.3 is 10.4 Å². The lowest BCUT2D eigenvalue weighted by molar-refractivity contribution is -0.136. The van der Waals surface area contributed by atoms with E-state index in [0.717, 1.165) is 0 Å². The number of amides is 1. The molecule has 1 aromatic carbocycles. The van der Waals surface area contributed by atoms with Crippen molar-refractivity contribution in [3.05, 3.63) is 29.8 Å². The summed E-state index contributed by atoms with van der Waals surface area (Å²) in [6.07, 6.45) is -0.196. The van der Waals surface area contributed by atoms with Gasteiger partial charge >= 0.3 is 5.97 Å². The summed E-state index contributed by atoms with van der Waals surface area (Å²) in [4.78, 5) is 22.2. The minimum atomic E-state index is -3.67. The maximum absolute atomic E-state index is 12.0. The molecule has 7 nitrogen and oxygen atoms in total. The monoisotopic (exact) mass is 314 g/mol. The second-order valence-corrected chi connectivity index (χ2v) is 6.42. The summed E-state index contributed by atoms with van der Waals surface area (Å²) in [5.41, 5.74) is 0.159. The Bertz CT molecular complexity index is 625. The van der Waals surface area contributed by atoms with Gasteiger partial charge in [0.05, 0.1) is 11.3 Å². The van der Waals surface area contributed by atoms with Gasteiger partial charge in [-0.3, -0.25) is 9.59 Å². The molecule has 8 heteroatoms. The Morgan fingerprint density at radius 2 is 1.95 bits per heavy atom. The van der Waals surface area contributed by atoms with E-state index >= 15 is 0 Å². The molecule has 1 rings (SSSR count). The highest BCUT2D eigenvalue weighted by atomic mass is 32.2. The van der Waals surface area contributed by atoms with Crippen molar-refractivity contribution >= 4 is 21.9 Å². The van der Waals surface area contributed by atoms with Crippen LogP contribution in [-0.4, -0.2) is 38.0 Å². The van der Waals surface area contributed by atoms with Gasteiger partial charge in [-0.1, -0.05) is 6.07 Å². The molecule has 0 atom stereocenters. The normalized spacial score (nSPS) is 11.4. The first-order valence-electron chi connectivity index (χ1n) is 6.35. The van der Waals surface area contributed by atoms with Gasteiger partial charge in [-0.15, -0.1) is 0 Å². The Balaban J connectivity index is 2.85. The van der Waals surface area contributed by atoms with Crippen LogP contribution in [0.2, 0.25) is 0 Å². The Kier molecular flexibility index (Phi) is 5.86. The third-order valence-corrected chi connectivity index (χ3v) is 4.08. The number of carboxylic acid groups (broad SMARTS) is 1. The molecule has 0 saturated heterocycles. The van der Waals surface area contributed by atoms with Gasteiger partial charge in [-0.25, -0.2) is 13.1 Å². The van der Waals surface area contributed by atoms with Crippen LogP contribution in [0.25, 0.3) is 0 Å². The van der Waals surface area contributed by atoms with Crippen LogP contribution in [0.4, 0.5) is 0 Å². The van der Waals surface area contributed by atoms with E-state index in [1.807, 2.05) is 0 Å². The highest BCUT2D eigenvalue weighted by molar-refractivity contribution is 7.89. The van der Waals surface area contributed by atoms with Crippen molar-refractivity contribution in [1.29, 1.82) is 0 Å². The molecular weight excluding hydrogens is 296 g/mol. The predicted molar refractivity (Wildman–Crippen MR) is 76.5 cm³/mol. The molecule has 0 spiro atoms. The van der Waals surface area contributed by atoms with E-state index in [1.165, 1.54) is 24.3 Å². The number of nitrogens with one attached hydrogen (secondary N) is 2. The molecule has 1 amide bonds. The van der Waals surface area contributed by atoms with Crippen LogP contribution >= 0.6 is 0 Å². The number of rotatable bonds is 7. The summed E-state index contributed by atoms with van der Waals surface area (Å²) in [5.74, 6) is -1.54. The van der Waals surface area contributed by atoms with Gasteiger partial charge in [0.1, 0.15) is 0 Å². The van der Waals surface area contributed by atoms with E-state index in [0.29, 0.717) is 0 Å². The fourth-order valence-electron chi connectivity index (χ4n) is 1.57. The molecule has 0 fully saturated rings. The van der Waals surface area contributed by atoms with Crippen molar-refractivity contribution in [1.82, 2.24) is 10.0 Å². The summed E-state index contributed by atoms with van der Waals surface area (Å²) in [6.45, 7) is 3.37. The zero-order chi connectivity index (χ0) is 16.0. The van der Waals surface area contributed by atoms with E-state index < -0.39 is 21.9 Å². The number of sulfonamides is 1. The van der Waals surface area contributed by atoms with Crippen molar-refractivity contribution in [2.45, 2.75) is 31.2 Å². The van der Waals surface area contributed by atoms with Gasteiger partial charge in [-0.05, 0) is 32.0 Å². The molecule has 0 aliphatic carbocycles. The maximum atomic E-state index is 12.0. The van der Waals surface area contributed by atoms with Crippen molar-refractivity contribution in [2.75, 3.05) is 6.54 Å². The lowest BCUT2D eigenvalue weighted by Crippen LogP contribution is -2.31. The topological polar surface area (TPSA) is 113 Å². The van der Waals surface area contributed by atoms with Gasteiger partial charge in [0.15, 0.2) is 0 Å². The molecule has 0 unspecified atom stereocenters. The molecule has 0 aliphatic heterocycles. The highest BCUT2D eigenvalue weighted by Crippen LogP contribution is 2.12. The molecule has 21 heavy (non-hydrogen) atoms. The van der Waals surface area contributed by atoms with Gasteiger partial charge in [0.2, 0.25) is 10.0 Å². The van der Waals surface area contributed by atoms with Crippen LogP contribution in [0.3, 0.4) is 0 Å². The van der Waals surface area contributed by atoms with Crippen molar-refractivity contribution < 1.29 is 23.1 Å². The standard InChI is InChI=1S/C13H18N2O5S/c1-9(2)15-21(19,20)11-5-3-4-10(8-11)13(18)14-7-6-12(16)17/h3-5,8-9,15H,6-7H2,1-2H3,(H,14,18)(H,16,17). The fraction of sp³-hybridized carbons (Fsp3) is 0.385. The van der Waals surface area contributed by atoms with Gasteiger partial charge in [0, 0.05) is 18.2 Å². The van der Waals surface area contributed by atoms with E-state index in [-0.39, 0.29) is 29.5 Å². The third kappa shape index (κ3) is 5.52. The fourth-order valence-corrected chi connectivity index (χ4v) is 2.86. The Labute approximate surface area is 123 Å². The maximum Gasteiger partial charge on any atom is 0.305 e. The summed E-state index contributed by atoms with van der Waals surface area (Å²) in [5, 5.41) is 10.9. The first-order valence-corrected chi connectivity index (χ1v) is 7.83. The number of benzene rings is 1. The molecule has 0 bridgehead atoms. The second-order valence-electron chi connectivity index (χ2n) is 4.70. The van der Waals surface area contributed by atoms with E-state index in [2.05, 4.69) is 10.0 Å². The quantitative estimate of drug-likeness (QED) is 0.681. The van der Waals surface area contributed by atoms with Crippen molar-refractivity contribution in [2.24, 2.45) is 0 Å². The number of hydrogen-bond acceptors (Lipinski definition) is 4. The molecule has 116 valence electrons. The number of carbonyl (C=O) groups excluding carboxylic acids is 1. The third-order valence-electron chi connectivity index (χ3n) is 2.42. The largest absolute Gasteiger partial charge is 0.481 e. The zero-order valence-corrected chi connectivity index (χ0v) is 12.6. The minimum absolute atomic E-state index is 0.0120. The van der Waals surface area contributed by atoms with Crippen molar-refractivity contribution in [3.63, 3.8) is 0 Å². The smallest absolute Gasteiger partial charge is 0.305 e. The molecule has 0 radical (unpaired) electrons. The lowest BCUT2D eigenvalue weighted by Gasteiger charge is -2.10. The van der Waals surface area contributed by atoms with Crippen LogP contribution in [0.15, 0.2) is 29.2 Å². The first kappa shape index (κ1) is 17.1. The molecular formula is C13H18N2O5S. The molecule has 0 heterocycles. The molecule has 1 aromatic rings. The Hall–Kier alpha value is -1.93. The summed E-state index contributed by atoms with van der Waals surface area (Å²) >= 11 is 0. The number of carboxylic acids is 1. The average Bonchev–Trinajstić information content (AvgIpc) is 2.37. The van der Waals surface area contributed by atoms with Crippen LogP contribution in [-0.2, 0) is 14.8 Å². The average molecular weight is 314 g/mol. The molecule has 3 N–H and O–H groups in total. The zero-order valence-electron chi connectivity index (χ0n) is 11.8. The molecule has 0 aliphatic rings. The molecule has 0 saturated carbocycles. The van der Waals surface area contributed by atoms with Gasteiger partial charge in [-0.2, -0.15) is 0 Å².